The molecule has 0 aliphatic rings. The van der Waals surface area contributed by atoms with Crippen molar-refractivity contribution in [2.75, 3.05) is 20.3 Å². The molecular weight excluding hydrogens is 486 g/mol. The lowest BCUT2D eigenvalue weighted by Gasteiger charge is -2.22. The number of hydrogen-bond acceptors (Lipinski definition) is 6. The molecule has 0 radical (unpaired) electrons. The molecule has 0 spiro atoms. The summed E-state index contributed by atoms with van der Waals surface area (Å²) in [6, 6.07) is 23.2. The van der Waals surface area contributed by atoms with E-state index in [0.717, 1.165) is 17.2 Å². The van der Waals surface area contributed by atoms with Gasteiger partial charge in [0.1, 0.15) is 13.2 Å². The van der Waals surface area contributed by atoms with Gasteiger partial charge in [0.15, 0.2) is 11.5 Å². The molecule has 3 aromatic rings. The van der Waals surface area contributed by atoms with Crippen LogP contribution >= 0.6 is 0 Å². The maximum Gasteiger partial charge on any atom is 0.407 e. The third-order valence-electron chi connectivity index (χ3n) is 5.68. The van der Waals surface area contributed by atoms with E-state index in [9.17, 15) is 9.90 Å². The number of rotatable bonds is 13. The summed E-state index contributed by atoms with van der Waals surface area (Å²) in [6.07, 6.45) is -0.577. The number of benzene rings is 3. The van der Waals surface area contributed by atoms with Crippen molar-refractivity contribution in [2.45, 2.75) is 44.9 Å². The van der Waals surface area contributed by atoms with E-state index in [1.807, 2.05) is 60.7 Å². The first-order valence-corrected chi connectivity index (χ1v) is 16.1. The van der Waals surface area contributed by atoms with Gasteiger partial charge in [0.2, 0.25) is 5.75 Å². The third kappa shape index (κ3) is 9.15. The second-order valence-electron chi connectivity index (χ2n) is 9.93. The average molecular weight is 524 g/mol. The number of ether oxygens (including phenoxy) is 4. The molecular formula is C29H37NO6Si. The van der Waals surface area contributed by atoms with Crippen LogP contribution in [0.5, 0.6) is 17.2 Å². The Bertz CT molecular complexity index is 1050. The first kappa shape index (κ1) is 28.1. The Morgan fingerprint density at radius 2 is 1.41 bits per heavy atom. The lowest BCUT2D eigenvalue weighted by atomic mass is 10.1. The van der Waals surface area contributed by atoms with Crippen LogP contribution in [0, 0.1) is 0 Å². The van der Waals surface area contributed by atoms with Gasteiger partial charge in [-0.15, -0.1) is 0 Å². The van der Waals surface area contributed by atoms with E-state index >= 15 is 0 Å². The summed E-state index contributed by atoms with van der Waals surface area (Å²) in [4.78, 5) is 12.5. The van der Waals surface area contributed by atoms with Gasteiger partial charge in [0.25, 0.3) is 0 Å². The average Bonchev–Trinajstić information content (AvgIpc) is 2.89. The molecule has 3 rings (SSSR count). The number of amides is 1. The SMILES string of the molecule is COc1c(OCc2ccccc2)cc([C@@H](CO)NC(=O)OCC[Si](C)(C)C)cc1OCc1ccccc1. The van der Waals surface area contributed by atoms with E-state index in [-0.39, 0.29) is 6.61 Å². The highest BCUT2D eigenvalue weighted by Gasteiger charge is 2.22. The Morgan fingerprint density at radius 1 is 0.892 bits per heavy atom. The molecule has 0 aliphatic heterocycles. The van der Waals surface area contributed by atoms with Gasteiger partial charge in [0.05, 0.1) is 26.4 Å². The van der Waals surface area contributed by atoms with Gasteiger partial charge < -0.3 is 29.4 Å². The van der Waals surface area contributed by atoms with Crippen LogP contribution in [0.4, 0.5) is 4.79 Å². The topological polar surface area (TPSA) is 86.2 Å². The Morgan fingerprint density at radius 3 is 1.84 bits per heavy atom. The second-order valence-corrected chi connectivity index (χ2v) is 15.5. The van der Waals surface area contributed by atoms with Crippen molar-refractivity contribution in [1.29, 1.82) is 0 Å². The molecule has 0 saturated carbocycles. The number of carbonyl (C=O) groups excluding carboxylic acids is 1. The fourth-order valence-corrected chi connectivity index (χ4v) is 4.27. The molecule has 7 nitrogen and oxygen atoms in total. The molecule has 2 N–H and O–H groups in total. The Balaban J connectivity index is 1.84. The lowest BCUT2D eigenvalue weighted by molar-refractivity contribution is 0.140. The summed E-state index contributed by atoms with van der Waals surface area (Å²) in [5.74, 6) is 1.32. The zero-order valence-electron chi connectivity index (χ0n) is 22.0. The van der Waals surface area contributed by atoms with Crippen LogP contribution in [0.2, 0.25) is 25.7 Å². The number of alkyl carbamates (subject to hydrolysis) is 1. The molecule has 0 unspecified atom stereocenters. The molecule has 0 bridgehead atoms. The molecule has 0 heterocycles. The normalized spacial score (nSPS) is 11.9. The van der Waals surface area contributed by atoms with E-state index in [0.29, 0.717) is 42.6 Å². The van der Waals surface area contributed by atoms with E-state index in [1.54, 1.807) is 19.2 Å². The smallest absolute Gasteiger partial charge is 0.407 e. The molecule has 1 atom stereocenters. The zero-order chi connectivity index (χ0) is 26.7. The third-order valence-corrected chi connectivity index (χ3v) is 7.39. The number of carbonyl (C=O) groups is 1. The lowest BCUT2D eigenvalue weighted by Crippen LogP contribution is -2.32. The second kappa shape index (κ2) is 13.7. The highest BCUT2D eigenvalue weighted by molar-refractivity contribution is 6.76. The number of hydrogen-bond donors (Lipinski definition) is 2. The Kier molecular flexibility index (Phi) is 10.4. The van der Waals surface area contributed by atoms with Crippen molar-refractivity contribution in [3.8, 4) is 17.2 Å². The van der Waals surface area contributed by atoms with E-state index in [2.05, 4.69) is 25.0 Å². The standard InChI is InChI=1S/C29H37NO6Si/c1-33-28-26(35-20-22-11-7-5-8-12-22)17-24(18-27(28)36-21-23-13-9-6-10-14-23)25(19-31)30-29(32)34-15-16-37(2,3)4/h5-14,17-18,25,31H,15-16,19-21H2,1-4H3,(H,30,32)/t25-/m1/s1. The fourth-order valence-electron chi connectivity index (χ4n) is 3.55. The number of nitrogens with one attached hydrogen (secondary N) is 1. The molecule has 0 aliphatic carbocycles. The van der Waals surface area contributed by atoms with Crippen LogP contribution in [0.1, 0.15) is 22.7 Å². The zero-order valence-corrected chi connectivity index (χ0v) is 23.0. The molecule has 0 aromatic heterocycles. The van der Waals surface area contributed by atoms with Gasteiger partial charge in [-0.05, 0) is 34.9 Å². The van der Waals surface area contributed by atoms with Gasteiger partial charge in [0, 0.05) is 8.07 Å². The van der Waals surface area contributed by atoms with Gasteiger partial charge in [-0.3, -0.25) is 0 Å². The maximum absolute atomic E-state index is 12.5. The Hall–Kier alpha value is -3.49. The minimum Gasteiger partial charge on any atom is -0.490 e. The van der Waals surface area contributed by atoms with E-state index in [4.69, 9.17) is 18.9 Å². The summed E-state index contributed by atoms with van der Waals surface area (Å²) in [5, 5.41) is 12.9. The van der Waals surface area contributed by atoms with Crippen LogP contribution in [-0.4, -0.2) is 39.6 Å². The van der Waals surface area contributed by atoms with Crippen LogP contribution in [-0.2, 0) is 18.0 Å². The summed E-state index contributed by atoms with van der Waals surface area (Å²) in [6.45, 7) is 7.30. The largest absolute Gasteiger partial charge is 0.490 e. The highest BCUT2D eigenvalue weighted by Crippen LogP contribution is 2.41. The molecule has 0 saturated heterocycles. The van der Waals surface area contributed by atoms with Gasteiger partial charge in [-0.25, -0.2) is 4.79 Å². The van der Waals surface area contributed by atoms with Crippen LogP contribution in [0.3, 0.4) is 0 Å². The van der Waals surface area contributed by atoms with Crippen molar-refractivity contribution in [3.63, 3.8) is 0 Å². The van der Waals surface area contributed by atoms with Crippen molar-refractivity contribution >= 4 is 14.2 Å². The highest BCUT2D eigenvalue weighted by atomic mass is 28.3. The minimum atomic E-state index is -1.34. The number of methoxy groups -OCH3 is 1. The monoisotopic (exact) mass is 523 g/mol. The van der Waals surface area contributed by atoms with Crippen molar-refractivity contribution in [3.05, 3.63) is 89.5 Å². The quantitative estimate of drug-likeness (QED) is 0.269. The first-order valence-electron chi connectivity index (χ1n) is 12.4. The number of aliphatic hydroxyl groups excluding tert-OH is 1. The summed E-state index contributed by atoms with van der Waals surface area (Å²) in [5.41, 5.74) is 2.59. The van der Waals surface area contributed by atoms with Crippen LogP contribution < -0.4 is 19.5 Å². The molecule has 198 valence electrons. The van der Waals surface area contributed by atoms with Crippen molar-refractivity contribution in [1.82, 2.24) is 5.32 Å². The predicted molar refractivity (Wildman–Crippen MR) is 147 cm³/mol. The molecule has 3 aromatic carbocycles. The first-order chi connectivity index (χ1) is 17.8. The molecule has 0 fully saturated rings. The molecule has 37 heavy (non-hydrogen) atoms. The maximum atomic E-state index is 12.5. The summed E-state index contributed by atoms with van der Waals surface area (Å²) >= 11 is 0. The fraction of sp³-hybridized carbons (Fsp3) is 0.345. The van der Waals surface area contributed by atoms with Crippen LogP contribution in [0.15, 0.2) is 72.8 Å². The van der Waals surface area contributed by atoms with Gasteiger partial charge in [-0.1, -0.05) is 80.3 Å². The molecule has 8 heteroatoms. The summed E-state index contributed by atoms with van der Waals surface area (Å²) < 4.78 is 23.3. The molecule has 1 amide bonds. The van der Waals surface area contributed by atoms with Gasteiger partial charge >= 0.3 is 6.09 Å². The number of aliphatic hydroxyl groups is 1. The van der Waals surface area contributed by atoms with Crippen molar-refractivity contribution in [2.24, 2.45) is 0 Å². The minimum absolute atomic E-state index is 0.314. The van der Waals surface area contributed by atoms with Gasteiger partial charge in [-0.2, -0.15) is 0 Å². The Labute approximate surface area is 220 Å². The van der Waals surface area contributed by atoms with Crippen LogP contribution in [0.25, 0.3) is 0 Å². The van der Waals surface area contributed by atoms with E-state index in [1.165, 1.54) is 0 Å². The summed E-state index contributed by atoms with van der Waals surface area (Å²) in [7, 11) is 0.215. The predicted octanol–water partition coefficient (Wildman–Crippen LogP) is 5.95. The van der Waals surface area contributed by atoms with E-state index < -0.39 is 20.2 Å². The van der Waals surface area contributed by atoms with Crippen molar-refractivity contribution < 1.29 is 28.8 Å².